The van der Waals surface area contributed by atoms with Crippen molar-refractivity contribution in [1.29, 1.82) is 0 Å². The summed E-state index contributed by atoms with van der Waals surface area (Å²) in [6.07, 6.45) is 1.26. The van der Waals surface area contributed by atoms with Gasteiger partial charge in [-0.1, -0.05) is 36.7 Å². The molecule has 0 aromatic heterocycles. The molecule has 0 aliphatic heterocycles. The van der Waals surface area contributed by atoms with Crippen molar-refractivity contribution in [2.45, 2.75) is 24.3 Å². The number of halogens is 2. The smallest absolute Gasteiger partial charge is 0.243 e. The molecular formula is C19H22ClFN2O3S2. The molecule has 1 amide bonds. The molecule has 0 bridgehead atoms. The van der Waals surface area contributed by atoms with Crippen LogP contribution in [0.4, 0.5) is 10.1 Å². The van der Waals surface area contributed by atoms with E-state index < -0.39 is 27.8 Å². The minimum absolute atomic E-state index is 0.148. The average molecular weight is 445 g/mol. The maximum absolute atomic E-state index is 13.5. The fourth-order valence-corrected chi connectivity index (χ4v) is 4.83. The Balaban J connectivity index is 2.09. The van der Waals surface area contributed by atoms with Crippen LogP contribution in [0, 0.1) is 5.82 Å². The van der Waals surface area contributed by atoms with Crippen LogP contribution in [0.3, 0.4) is 0 Å². The largest absolute Gasteiger partial charge is 0.353 e. The summed E-state index contributed by atoms with van der Waals surface area (Å²) in [6.45, 7) is 2.10. The Labute approximate surface area is 174 Å². The van der Waals surface area contributed by atoms with Crippen LogP contribution in [0.1, 0.15) is 13.3 Å². The van der Waals surface area contributed by atoms with E-state index in [0.29, 0.717) is 12.3 Å². The summed E-state index contributed by atoms with van der Waals surface area (Å²) in [4.78, 5) is 13.8. The summed E-state index contributed by atoms with van der Waals surface area (Å²) in [5, 5.41) is 2.57. The lowest BCUT2D eigenvalue weighted by atomic mass is 10.2. The van der Waals surface area contributed by atoms with Gasteiger partial charge in [-0.05, 0) is 36.8 Å². The number of nitrogens with zero attached hydrogens (tertiary/aromatic N) is 1. The normalized spacial score (nSPS) is 12.4. The zero-order chi connectivity index (χ0) is 20.7. The molecule has 28 heavy (non-hydrogen) atoms. The first-order valence-electron chi connectivity index (χ1n) is 8.64. The van der Waals surface area contributed by atoms with Crippen LogP contribution in [-0.4, -0.2) is 38.9 Å². The maximum Gasteiger partial charge on any atom is 0.243 e. The number of thioether (sulfide) groups is 1. The molecule has 0 saturated carbocycles. The first-order chi connectivity index (χ1) is 13.2. The highest BCUT2D eigenvalue weighted by atomic mass is 35.5. The van der Waals surface area contributed by atoms with E-state index in [1.807, 2.05) is 30.3 Å². The van der Waals surface area contributed by atoms with Gasteiger partial charge in [-0.3, -0.25) is 9.10 Å². The Morgan fingerprint density at radius 2 is 1.93 bits per heavy atom. The lowest BCUT2D eigenvalue weighted by Gasteiger charge is -2.30. The molecule has 0 unspecified atom stereocenters. The highest BCUT2D eigenvalue weighted by molar-refractivity contribution is 7.99. The van der Waals surface area contributed by atoms with Gasteiger partial charge in [0.2, 0.25) is 15.9 Å². The van der Waals surface area contributed by atoms with E-state index >= 15 is 0 Å². The molecule has 0 aliphatic rings. The van der Waals surface area contributed by atoms with E-state index in [1.54, 1.807) is 18.7 Å². The van der Waals surface area contributed by atoms with Crippen LogP contribution in [0.2, 0.25) is 5.02 Å². The number of amides is 1. The van der Waals surface area contributed by atoms with Crippen LogP contribution >= 0.6 is 23.4 Å². The van der Waals surface area contributed by atoms with Gasteiger partial charge < -0.3 is 5.32 Å². The Bertz CT molecular complexity index is 911. The highest BCUT2D eigenvalue weighted by Gasteiger charge is 2.31. The SMILES string of the molecule is CC[C@@H](C(=O)NCCSc1ccccc1)N(c1ccc(F)c(Cl)c1)S(C)(=O)=O. The van der Waals surface area contributed by atoms with Gasteiger partial charge in [-0.2, -0.15) is 0 Å². The van der Waals surface area contributed by atoms with E-state index in [9.17, 15) is 17.6 Å². The molecule has 0 saturated heterocycles. The van der Waals surface area contributed by atoms with Crippen molar-refractivity contribution in [2.75, 3.05) is 22.9 Å². The third-order valence-corrected chi connectivity index (χ3v) is 6.38. The van der Waals surface area contributed by atoms with E-state index in [2.05, 4.69) is 5.32 Å². The Kier molecular flexibility index (Phi) is 8.15. The van der Waals surface area contributed by atoms with Gasteiger partial charge in [-0.25, -0.2) is 12.8 Å². The second kappa shape index (κ2) is 10.1. The van der Waals surface area contributed by atoms with Gasteiger partial charge in [0.25, 0.3) is 0 Å². The summed E-state index contributed by atoms with van der Waals surface area (Å²) in [5.41, 5.74) is 0.148. The lowest BCUT2D eigenvalue weighted by Crippen LogP contribution is -2.49. The monoisotopic (exact) mass is 444 g/mol. The van der Waals surface area contributed by atoms with Gasteiger partial charge in [0.1, 0.15) is 11.9 Å². The van der Waals surface area contributed by atoms with Crippen molar-refractivity contribution >= 4 is 45.0 Å². The molecule has 9 heteroatoms. The number of rotatable bonds is 9. The minimum atomic E-state index is -3.79. The molecule has 0 fully saturated rings. The van der Waals surface area contributed by atoms with E-state index in [0.717, 1.165) is 21.5 Å². The maximum atomic E-state index is 13.5. The zero-order valence-electron chi connectivity index (χ0n) is 15.6. The van der Waals surface area contributed by atoms with Crippen molar-refractivity contribution < 1.29 is 17.6 Å². The zero-order valence-corrected chi connectivity index (χ0v) is 18.0. The second-order valence-corrected chi connectivity index (χ2v) is 9.47. The average Bonchev–Trinajstić information content (AvgIpc) is 2.65. The predicted molar refractivity (Wildman–Crippen MR) is 113 cm³/mol. The molecular weight excluding hydrogens is 423 g/mol. The third kappa shape index (κ3) is 6.12. The van der Waals surface area contributed by atoms with Gasteiger partial charge in [-0.15, -0.1) is 11.8 Å². The van der Waals surface area contributed by atoms with E-state index in [1.165, 1.54) is 12.1 Å². The predicted octanol–water partition coefficient (Wildman–Crippen LogP) is 3.93. The number of anilines is 1. The van der Waals surface area contributed by atoms with Crippen LogP contribution in [0.15, 0.2) is 53.4 Å². The summed E-state index contributed by atoms with van der Waals surface area (Å²) in [5.74, 6) is -0.427. The van der Waals surface area contributed by atoms with E-state index in [-0.39, 0.29) is 17.1 Å². The number of sulfonamides is 1. The van der Waals surface area contributed by atoms with Crippen molar-refractivity contribution in [1.82, 2.24) is 5.32 Å². The van der Waals surface area contributed by atoms with Crippen molar-refractivity contribution in [3.05, 3.63) is 59.4 Å². The molecule has 1 N–H and O–H groups in total. The highest BCUT2D eigenvalue weighted by Crippen LogP contribution is 2.27. The van der Waals surface area contributed by atoms with Gasteiger partial charge in [0, 0.05) is 17.2 Å². The standard InChI is InChI=1S/C19H22ClFN2O3S2/c1-3-18(19(24)22-11-12-27-15-7-5-4-6-8-15)23(28(2,25)26)14-9-10-17(21)16(20)13-14/h4-10,13,18H,3,11-12H2,1-2H3,(H,22,24)/t18-/m0/s1. The molecule has 5 nitrogen and oxygen atoms in total. The number of hydrogen-bond acceptors (Lipinski definition) is 4. The number of hydrogen-bond donors (Lipinski definition) is 1. The van der Waals surface area contributed by atoms with Gasteiger partial charge in [0.05, 0.1) is 17.0 Å². The Hall–Kier alpha value is -1.77. The fraction of sp³-hybridized carbons (Fsp3) is 0.316. The first kappa shape index (κ1) is 22.5. The minimum Gasteiger partial charge on any atom is -0.353 e. The second-order valence-electron chi connectivity index (χ2n) is 6.03. The van der Waals surface area contributed by atoms with Crippen molar-refractivity contribution in [2.24, 2.45) is 0 Å². The number of benzene rings is 2. The quantitative estimate of drug-likeness (QED) is 0.470. The summed E-state index contributed by atoms with van der Waals surface area (Å²) < 4.78 is 39.2. The molecule has 0 aliphatic carbocycles. The topological polar surface area (TPSA) is 66.5 Å². The number of carbonyl (C=O) groups excluding carboxylic acids is 1. The molecule has 152 valence electrons. The molecule has 0 spiro atoms. The van der Waals surface area contributed by atoms with Gasteiger partial charge >= 0.3 is 0 Å². The summed E-state index contributed by atoms with van der Waals surface area (Å²) >= 11 is 7.39. The van der Waals surface area contributed by atoms with Gasteiger partial charge in [0.15, 0.2) is 0 Å². The molecule has 2 aromatic carbocycles. The lowest BCUT2D eigenvalue weighted by molar-refractivity contribution is -0.122. The molecule has 0 radical (unpaired) electrons. The first-order valence-corrected chi connectivity index (χ1v) is 11.8. The van der Waals surface area contributed by atoms with Crippen LogP contribution in [0.25, 0.3) is 0 Å². The van der Waals surface area contributed by atoms with Crippen LogP contribution in [-0.2, 0) is 14.8 Å². The third-order valence-electron chi connectivity index (χ3n) is 3.90. The molecule has 0 heterocycles. The van der Waals surface area contributed by atoms with E-state index in [4.69, 9.17) is 11.6 Å². The Morgan fingerprint density at radius 3 is 2.50 bits per heavy atom. The van der Waals surface area contributed by atoms with Crippen molar-refractivity contribution in [3.63, 3.8) is 0 Å². The fourth-order valence-electron chi connectivity index (χ4n) is 2.66. The summed E-state index contributed by atoms with van der Waals surface area (Å²) in [6, 6.07) is 12.4. The molecule has 2 aromatic rings. The van der Waals surface area contributed by atoms with Crippen LogP contribution < -0.4 is 9.62 Å². The molecule has 1 atom stereocenters. The Morgan fingerprint density at radius 1 is 1.25 bits per heavy atom. The number of nitrogens with one attached hydrogen (secondary N) is 1. The van der Waals surface area contributed by atoms with Crippen LogP contribution in [0.5, 0.6) is 0 Å². The van der Waals surface area contributed by atoms with Crippen molar-refractivity contribution in [3.8, 4) is 0 Å². The number of carbonyl (C=O) groups is 1. The summed E-state index contributed by atoms with van der Waals surface area (Å²) in [7, 11) is -3.79. The molecule has 2 rings (SSSR count).